The summed E-state index contributed by atoms with van der Waals surface area (Å²) in [5, 5.41) is 20.6. The average Bonchev–Trinajstić information content (AvgIpc) is 2.46. The number of nitrogen functional groups attached to an aromatic ring is 1. The van der Waals surface area contributed by atoms with Gasteiger partial charge < -0.3 is 5.73 Å². The predicted molar refractivity (Wildman–Crippen MR) is 79.6 cm³/mol. The van der Waals surface area contributed by atoms with E-state index in [1.54, 1.807) is 25.1 Å². The molecule has 2 aromatic rings. The molecule has 1 heterocycles. The summed E-state index contributed by atoms with van der Waals surface area (Å²) in [6, 6.07) is 8.37. The van der Waals surface area contributed by atoms with E-state index in [1.807, 2.05) is 13.0 Å². The first-order chi connectivity index (χ1) is 10.0. The van der Waals surface area contributed by atoms with E-state index in [4.69, 9.17) is 5.73 Å². The van der Waals surface area contributed by atoms with Crippen molar-refractivity contribution in [3.05, 3.63) is 51.2 Å². The van der Waals surface area contributed by atoms with Gasteiger partial charge in [0.15, 0.2) is 0 Å². The molecular weight excluding hydrogens is 268 g/mol. The highest BCUT2D eigenvalue weighted by atomic mass is 16.6. The van der Waals surface area contributed by atoms with Crippen molar-refractivity contribution in [1.29, 1.82) is 5.26 Å². The second-order valence-electron chi connectivity index (χ2n) is 4.55. The van der Waals surface area contributed by atoms with Gasteiger partial charge in [-0.15, -0.1) is 0 Å². The molecule has 0 spiro atoms. The van der Waals surface area contributed by atoms with Crippen LogP contribution in [0.5, 0.6) is 0 Å². The van der Waals surface area contributed by atoms with E-state index >= 15 is 0 Å². The molecule has 0 bridgehead atoms. The van der Waals surface area contributed by atoms with Crippen molar-refractivity contribution in [2.45, 2.75) is 20.3 Å². The molecule has 6 nitrogen and oxygen atoms in total. The Morgan fingerprint density at radius 1 is 1.43 bits per heavy atom. The van der Waals surface area contributed by atoms with Crippen LogP contribution in [0.1, 0.15) is 23.7 Å². The van der Waals surface area contributed by atoms with Gasteiger partial charge in [0.1, 0.15) is 17.5 Å². The molecule has 0 aliphatic heterocycles. The zero-order valence-corrected chi connectivity index (χ0v) is 11.8. The van der Waals surface area contributed by atoms with Gasteiger partial charge in [0, 0.05) is 17.3 Å². The standard InChI is InChI=1S/C15H14N4O2/c1-3-10-9(2)18-15(17)12(8-16)14(10)11-6-4-5-7-13(11)19(20)21/h4-7H,3H2,1-2H3,(H2,17,18). The number of para-hydroxylation sites is 1. The maximum absolute atomic E-state index is 11.2. The smallest absolute Gasteiger partial charge is 0.277 e. The lowest BCUT2D eigenvalue weighted by molar-refractivity contribution is -0.384. The van der Waals surface area contributed by atoms with Gasteiger partial charge >= 0.3 is 0 Å². The maximum atomic E-state index is 11.2. The summed E-state index contributed by atoms with van der Waals surface area (Å²) in [4.78, 5) is 14.9. The quantitative estimate of drug-likeness (QED) is 0.688. The van der Waals surface area contributed by atoms with Crippen LogP contribution in [0.25, 0.3) is 11.1 Å². The molecule has 2 N–H and O–H groups in total. The summed E-state index contributed by atoms with van der Waals surface area (Å²) in [5.41, 5.74) is 8.35. The van der Waals surface area contributed by atoms with Crippen LogP contribution >= 0.6 is 0 Å². The van der Waals surface area contributed by atoms with Crippen molar-refractivity contribution in [2.75, 3.05) is 5.73 Å². The van der Waals surface area contributed by atoms with Crippen LogP contribution in [0.15, 0.2) is 24.3 Å². The Morgan fingerprint density at radius 2 is 2.10 bits per heavy atom. The predicted octanol–water partition coefficient (Wildman–Crippen LogP) is 2.98. The lowest BCUT2D eigenvalue weighted by atomic mass is 9.92. The summed E-state index contributed by atoms with van der Waals surface area (Å²) < 4.78 is 0. The minimum Gasteiger partial charge on any atom is -0.383 e. The highest BCUT2D eigenvalue weighted by molar-refractivity contribution is 5.84. The lowest BCUT2D eigenvalue weighted by Crippen LogP contribution is -2.06. The molecule has 21 heavy (non-hydrogen) atoms. The number of nitro groups is 1. The minimum atomic E-state index is -0.456. The molecule has 1 aromatic heterocycles. The van der Waals surface area contributed by atoms with E-state index in [-0.39, 0.29) is 17.1 Å². The number of aryl methyl sites for hydroxylation is 1. The molecule has 106 valence electrons. The van der Waals surface area contributed by atoms with Crippen LogP contribution in [0, 0.1) is 28.4 Å². The molecule has 1 aromatic carbocycles. The number of rotatable bonds is 3. The number of pyridine rings is 1. The first kappa shape index (κ1) is 14.5. The van der Waals surface area contributed by atoms with Gasteiger partial charge in [0.25, 0.3) is 5.69 Å². The Labute approximate surface area is 122 Å². The van der Waals surface area contributed by atoms with Crippen LogP contribution in [-0.2, 0) is 6.42 Å². The number of hydrogen-bond acceptors (Lipinski definition) is 5. The van der Waals surface area contributed by atoms with Crippen LogP contribution in [-0.4, -0.2) is 9.91 Å². The number of nitrogens with zero attached hydrogens (tertiary/aromatic N) is 3. The molecule has 0 fully saturated rings. The first-order valence-corrected chi connectivity index (χ1v) is 6.44. The third kappa shape index (κ3) is 2.41. The van der Waals surface area contributed by atoms with Crippen molar-refractivity contribution in [3.8, 4) is 17.2 Å². The fourth-order valence-electron chi connectivity index (χ4n) is 2.45. The van der Waals surface area contributed by atoms with Crippen LogP contribution in [0.4, 0.5) is 11.5 Å². The third-order valence-electron chi connectivity index (χ3n) is 3.37. The van der Waals surface area contributed by atoms with Crippen molar-refractivity contribution in [3.63, 3.8) is 0 Å². The van der Waals surface area contributed by atoms with Crippen LogP contribution in [0.2, 0.25) is 0 Å². The van der Waals surface area contributed by atoms with Crippen molar-refractivity contribution in [2.24, 2.45) is 0 Å². The van der Waals surface area contributed by atoms with Crippen molar-refractivity contribution >= 4 is 11.5 Å². The van der Waals surface area contributed by atoms with E-state index in [0.29, 0.717) is 23.2 Å². The van der Waals surface area contributed by atoms with Crippen molar-refractivity contribution < 1.29 is 4.92 Å². The fraction of sp³-hybridized carbons (Fsp3) is 0.200. The molecule has 0 aliphatic rings. The summed E-state index contributed by atoms with van der Waals surface area (Å²) in [7, 11) is 0. The zero-order valence-electron chi connectivity index (χ0n) is 11.8. The average molecular weight is 282 g/mol. The normalized spacial score (nSPS) is 10.1. The fourth-order valence-corrected chi connectivity index (χ4v) is 2.45. The Balaban J connectivity index is 2.93. The first-order valence-electron chi connectivity index (χ1n) is 6.44. The number of nitriles is 1. The number of benzene rings is 1. The van der Waals surface area contributed by atoms with Gasteiger partial charge in [-0.3, -0.25) is 10.1 Å². The van der Waals surface area contributed by atoms with E-state index in [9.17, 15) is 15.4 Å². The van der Waals surface area contributed by atoms with Crippen molar-refractivity contribution in [1.82, 2.24) is 4.98 Å². The Bertz CT molecular complexity index is 763. The van der Waals surface area contributed by atoms with E-state index in [1.165, 1.54) is 6.07 Å². The molecule has 6 heteroatoms. The molecule has 0 radical (unpaired) electrons. The molecule has 0 aliphatic carbocycles. The van der Waals surface area contributed by atoms with Gasteiger partial charge in [-0.1, -0.05) is 19.1 Å². The molecule has 0 saturated carbocycles. The summed E-state index contributed by atoms with van der Waals surface area (Å²) in [6.45, 7) is 3.70. The highest BCUT2D eigenvalue weighted by Gasteiger charge is 2.23. The zero-order chi connectivity index (χ0) is 15.6. The van der Waals surface area contributed by atoms with Gasteiger partial charge in [-0.05, 0) is 25.0 Å². The third-order valence-corrected chi connectivity index (χ3v) is 3.37. The Hall–Kier alpha value is -2.94. The van der Waals surface area contributed by atoms with Gasteiger partial charge in [-0.25, -0.2) is 4.98 Å². The second-order valence-corrected chi connectivity index (χ2v) is 4.55. The highest BCUT2D eigenvalue weighted by Crippen LogP contribution is 2.37. The number of hydrogen-bond donors (Lipinski definition) is 1. The van der Waals surface area contributed by atoms with Crippen LogP contribution in [0.3, 0.4) is 0 Å². The molecule has 0 unspecified atom stereocenters. The molecular formula is C15H14N4O2. The number of nitro benzene ring substituents is 1. The number of anilines is 1. The van der Waals surface area contributed by atoms with Crippen LogP contribution < -0.4 is 5.73 Å². The Kier molecular flexibility index (Phi) is 3.85. The van der Waals surface area contributed by atoms with E-state index in [2.05, 4.69) is 4.98 Å². The van der Waals surface area contributed by atoms with Gasteiger partial charge in [0.05, 0.1) is 10.5 Å². The maximum Gasteiger partial charge on any atom is 0.277 e. The molecule has 0 saturated heterocycles. The minimum absolute atomic E-state index is 0.0475. The second kappa shape index (κ2) is 5.59. The molecule has 2 rings (SSSR count). The Morgan fingerprint density at radius 3 is 2.67 bits per heavy atom. The number of nitrogens with two attached hydrogens (primary N) is 1. The topological polar surface area (TPSA) is 106 Å². The monoisotopic (exact) mass is 282 g/mol. The largest absolute Gasteiger partial charge is 0.383 e. The SMILES string of the molecule is CCc1c(C)nc(N)c(C#N)c1-c1ccccc1[N+](=O)[O-]. The summed E-state index contributed by atoms with van der Waals surface area (Å²) in [6.07, 6.45) is 0.606. The van der Waals surface area contributed by atoms with E-state index in [0.717, 1.165) is 5.56 Å². The molecule has 0 atom stereocenters. The van der Waals surface area contributed by atoms with Gasteiger partial charge in [-0.2, -0.15) is 5.26 Å². The summed E-state index contributed by atoms with van der Waals surface area (Å²) in [5.74, 6) is 0.0975. The van der Waals surface area contributed by atoms with E-state index < -0.39 is 4.92 Å². The molecule has 0 amide bonds. The summed E-state index contributed by atoms with van der Waals surface area (Å²) >= 11 is 0. The number of aromatic nitrogens is 1. The lowest BCUT2D eigenvalue weighted by Gasteiger charge is -2.14. The van der Waals surface area contributed by atoms with Gasteiger partial charge in [0.2, 0.25) is 0 Å².